The highest BCUT2D eigenvalue weighted by molar-refractivity contribution is 7.15. The summed E-state index contributed by atoms with van der Waals surface area (Å²) in [5.41, 5.74) is 0.551. The molecule has 1 aliphatic rings. The molecule has 122 valence electrons. The summed E-state index contributed by atoms with van der Waals surface area (Å²) in [6, 6.07) is 7.89. The first-order valence-corrected chi connectivity index (χ1v) is 8.61. The second-order valence-corrected chi connectivity index (χ2v) is 7.15. The van der Waals surface area contributed by atoms with Crippen LogP contribution >= 0.6 is 11.3 Å². The maximum Gasteiger partial charge on any atom is 0.239 e. The van der Waals surface area contributed by atoms with Crippen LogP contribution in [-0.4, -0.2) is 30.3 Å². The molecule has 1 fully saturated rings. The van der Waals surface area contributed by atoms with Crippen molar-refractivity contribution in [2.45, 2.75) is 38.0 Å². The highest BCUT2D eigenvalue weighted by atomic mass is 32.1. The Balaban J connectivity index is 1.98. The number of amides is 1. The minimum absolute atomic E-state index is 0.0967. The van der Waals surface area contributed by atoms with Gasteiger partial charge in [-0.25, -0.2) is 0 Å². The Kier molecular flexibility index (Phi) is 4.35. The first-order chi connectivity index (χ1) is 11.1. The standard InChI is InChI=1S/C17H21N3O2S/c1-12-18-19-16(23-12)20(2)15(21)17(9-4-5-10-17)13-7-6-8-14(11-13)22-3/h6-8,11H,4-5,9-10H2,1-3H3. The zero-order chi connectivity index (χ0) is 16.4. The van der Waals surface area contributed by atoms with E-state index >= 15 is 0 Å². The van der Waals surface area contributed by atoms with Gasteiger partial charge in [-0.15, -0.1) is 10.2 Å². The molecule has 5 nitrogen and oxygen atoms in total. The van der Waals surface area contributed by atoms with Crippen LogP contribution in [0.4, 0.5) is 5.13 Å². The topological polar surface area (TPSA) is 55.3 Å². The summed E-state index contributed by atoms with van der Waals surface area (Å²) in [4.78, 5) is 15.0. The third-order valence-electron chi connectivity index (χ3n) is 4.60. The van der Waals surface area contributed by atoms with E-state index < -0.39 is 5.41 Å². The molecule has 0 radical (unpaired) electrons. The third-order valence-corrected chi connectivity index (χ3v) is 5.51. The van der Waals surface area contributed by atoms with Crippen LogP contribution in [-0.2, 0) is 10.2 Å². The van der Waals surface area contributed by atoms with Gasteiger partial charge in [-0.1, -0.05) is 36.3 Å². The van der Waals surface area contributed by atoms with Gasteiger partial charge in [0.1, 0.15) is 10.8 Å². The number of benzene rings is 1. The average molecular weight is 331 g/mol. The number of carbonyl (C=O) groups excluding carboxylic acids is 1. The van der Waals surface area contributed by atoms with E-state index in [9.17, 15) is 4.79 Å². The van der Waals surface area contributed by atoms with Gasteiger partial charge in [-0.3, -0.25) is 9.69 Å². The highest BCUT2D eigenvalue weighted by Gasteiger charge is 2.45. The number of rotatable bonds is 4. The summed E-state index contributed by atoms with van der Waals surface area (Å²) in [5, 5.41) is 9.66. The van der Waals surface area contributed by atoms with E-state index in [0.717, 1.165) is 42.0 Å². The second-order valence-electron chi connectivity index (χ2n) is 5.99. The molecule has 0 atom stereocenters. The zero-order valence-corrected chi connectivity index (χ0v) is 14.5. The molecular formula is C17H21N3O2S. The fourth-order valence-corrected chi connectivity index (χ4v) is 4.00. The van der Waals surface area contributed by atoms with E-state index in [1.54, 1.807) is 19.1 Å². The average Bonchev–Trinajstić information content (AvgIpc) is 3.23. The number of hydrogen-bond acceptors (Lipinski definition) is 5. The molecule has 0 unspecified atom stereocenters. The first-order valence-electron chi connectivity index (χ1n) is 7.79. The van der Waals surface area contributed by atoms with Gasteiger partial charge in [-0.05, 0) is 37.5 Å². The number of aryl methyl sites for hydroxylation is 1. The van der Waals surface area contributed by atoms with E-state index in [1.807, 2.05) is 31.2 Å². The lowest BCUT2D eigenvalue weighted by Gasteiger charge is -2.31. The monoisotopic (exact) mass is 331 g/mol. The summed E-state index contributed by atoms with van der Waals surface area (Å²) in [7, 11) is 3.45. The van der Waals surface area contributed by atoms with Gasteiger partial charge >= 0.3 is 0 Å². The molecule has 2 aromatic rings. The van der Waals surface area contributed by atoms with Gasteiger partial charge in [0.2, 0.25) is 11.0 Å². The lowest BCUT2D eigenvalue weighted by molar-refractivity contribution is -0.123. The molecular weight excluding hydrogens is 310 g/mol. The quantitative estimate of drug-likeness (QED) is 0.862. The van der Waals surface area contributed by atoms with Crippen molar-refractivity contribution in [3.05, 3.63) is 34.8 Å². The normalized spacial score (nSPS) is 16.3. The Hall–Kier alpha value is -1.95. The largest absolute Gasteiger partial charge is 0.497 e. The van der Waals surface area contributed by atoms with E-state index in [4.69, 9.17) is 4.74 Å². The molecule has 0 aliphatic heterocycles. The zero-order valence-electron chi connectivity index (χ0n) is 13.7. The fraction of sp³-hybridized carbons (Fsp3) is 0.471. The van der Waals surface area contributed by atoms with Gasteiger partial charge in [0.25, 0.3) is 0 Å². The van der Waals surface area contributed by atoms with Gasteiger partial charge in [-0.2, -0.15) is 0 Å². The first kappa shape index (κ1) is 15.9. The van der Waals surface area contributed by atoms with E-state index in [0.29, 0.717) is 5.13 Å². The Morgan fingerprint density at radius 1 is 1.30 bits per heavy atom. The van der Waals surface area contributed by atoms with Crippen molar-refractivity contribution in [2.75, 3.05) is 19.1 Å². The molecule has 1 aliphatic carbocycles. The summed E-state index contributed by atoms with van der Waals surface area (Å²) in [5.74, 6) is 0.885. The molecule has 23 heavy (non-hydrogen) atoms. The number of hydrogen-bond donors (Lipinski definition) is 0. The van der Waals surface area contributed by atoms with Gasteiger partial charge < -0.3 is 4.74 Å². The molecule has 1 heterocycles. The summed E-state index contributed by atoms with van der Waals surface area (Å²) in [6.45, 7) is 1.90. The predicted molar refractivity (Wildman–Crippen MR) is 91.2 cm³/mol. The molecule has 0 N–H and O–H groups in total. The van der Waals surface area contributed by atoms with Crippen molar-refractivity contribution in [1.29, 1.82) is 0 Å². The van der Waals surface area contributed by atoms with Crippen LogP contribution in [0.5, 0.6) is 5.75 Å². The fourth-order valence-electron chi connectivity index (χ4n) is 3.35. The third kappa shape index (κ3) is 2.83. The lowest BCUT2D eigenvalue weighted by atomic mass is 9.77. The SMILES string of the molecule is COc1cccc(C2(C(=O)N(C)c3nnc(C)s3)CCCC2)c1. The molecule has 1 aromatic carbocycles. The minimum Gasteiger partial charge on any atom is -0.497 e. The van der Waals surface area contributed by atoms with Crippen molar-refractivity contribution in [1.82, 2.24) is 10.2 Å². The number of aromatic nitrogens is 2. The molecule has 1 saturated carbocycles. The van der Waals surface area contributed by atoms with Crippen LogP contribution in [0.1, 0.15) is 36.3 Å². The van der Waals surface area contributed by atoms with Gasteiger partial charge in [0, 0.05) is 7.05 Å². The summed E-state index contributed by atoms with van der Waals surface area (Å²) in [6.07, 6.45) is 3.85. The van der Waals surface area contributed by atoms with E-state index in [-0.39, 0.29) is 5.91 Å². The Morgan fingerprint density at radius 3 is 2.65 bits per heavy atom. The summed E-state index contributed by atoms with van der Waals surface area (Å²) < 4.78 is 5.34. The number of nitrogens with zero attached hydrogens (tertiary/aromatic N) is 3. The molecule has 0 bridgehead atoms. The van der Waals surface area contributed by atoms with Crippen molar-refractivity contribution in [3.8, 4) is 5.75 Å². The second kappa shape index (κ2) is 6.28. The molecule has 0 spiro atoms. The van der Waals surface area contributed by atoms with Crippen LogP contribution in [0.3, 0.4) is 0 Å². The van der Waals surface area contributed by atoms with Crippen molar-refractivity contribution in [3.63, 3.8) is 0 Å². The Morgan fingerprint density at radius 2 is 2.04 bits per heavy atom. The molecule has 1 aromatic heterocycles. The van der Waals surface area contributed by atoms with Crippen LogP contribution in [0, 0.1) is 6.92 Å². The Labute approximate surface area is 140 Å². The van der Waals surface area contributed by atoms with Crippen LogP contribution in [0.25, 0.3) is 0 Å². The molecule has 0 saturated heterocycles. The predicted octanol–water partition coefficient (Wildman–Crippen LogP) is 3.33. The number of methoxy groups -OCH3 is 1. The van der Waals surface area contributed by atoms with Gasteiger partial charge in [0.15, 0.2) is 0 Å². The van der Waals surface area contributed by atoms with Crippen LogP contribution in [0.15, 0.2) is 24.3 Å². The molecule has 6 heteroatoms. The molecule has 3 rings (SSSR count). The van der Waals surface area contributed by atoms with Crippen LogP contribution in [0.2, 0.25) is 0 Å². The lowest BCUT2D eigenvalue weighted by Crippen LogP contribution is -2.43. The number of likely N-dealkylation sites (N-methyl/N-ethyl adjacent to an activating group) is 1. The number of ether oxygens (including phenoxy) is 1. The van der Waals surface area contributed by atoms with Gasteiger partial charge in [0.05, 0.1) is 12.5 Å². The Bertz CT molecular complexity index is 707. The summed E-state index contributed by atoms with van der Waals surface area (Å²) >= 11 is 1.44. The van der Waals surface area contributed by atoms with E-state index in [1.165, 1.54) is 11.3 Å². The minimum atomic E-state index is -0.483. The smallest absolute Gasteiger partial charge is 0.239 e. The maximum atomic E-state index is 13.3. The number of carbonyl (C=O) groups is 1. The number of anilines is 1. The van der Waals surface area contributed by atoms with Crippen molar-refractivity contribution < 1.29 is 9.53 Å². The van der Waals surface area contributed by atoms with Crippen molar-refractivity contribution in [2.24, 2.45) is 0 Å². The maximum absolute atomic E-state index is 13.3. The molecule has 1 amide bonds. The van der Waals surface area contributed by atoms with Crippen LogP contribution < -0.4 is 9.64 Å². The highest BCUT2D eigenvalue weighted by Crippen LogP contribution is 2.44. The van der Waals surface area contributed by atoms with E-state index in [2.05, 4.69) is 10.2 Å². The van der Waals surface area contributed by atoms with Crippen molar-refractivity contribution >= 4 is 22.4 Å².